The number of carbonyl (C=O) groups excluding carboxylic acids is 2. The number of piperidine rings is 1. The van der Waals surface area contributed by atoms with Crippen LogP contribution < -0.4 is 10.6 Å². The minimum absolute atomic E-state index is 0.0174. The van der Waals surface area contributed by atoms with Crippen molar-refractivity contribution >= 4 is 11.7 Å². The van der Waals surface area contributed by atoms with Crippen molar-refractivity contribution in [2.24, 2.45) is 45.8 Å². The van der Waals surface area contributed by atoms with E-state index in [4.69, 9.17) is 14.2 Å². The summed E-state index contributed by atoms with van der Waals surface area (Å²) in [5.41, 5.74) is -4.74. The zero-order chi connectivity index (χ0) is 43.1. The van der Waals surface area contributed by atoms with Crippen LogP contribution in [0.3, 0.4) is 0 Å². The van der Waals surface area contributed by atoms with Gasteiger partial charge in [-0.3, -0.25) is 14.9 Å². The summed E-state index contributed by atoms with van der Waals surface area (Å²) in [7, 11) is 1.68. The molecule has 4 saturated carbocycles. The first-order valence-electron chi connectivity index (χ1n) is 23.9. The number of methoxy groups -OCH3 is 1. The lowest BCUT2D eigenvalue weighted by Crippen LogP contribution is -2.69. The number of aliphatic hydroxyl groups is 5. The molecule has 340 valence electrons. The van der Waals surface area contributed by atoms with Crippen molar-refractivity contribution in [3.05, 3.63) is 11.6 Å². The molecule has 13 heteroatoms. The van der Waals surface area contributed by atoms with E-state index in [0.29, 0.717) is 89.8 Å². The molecule has 7 bridgehead atoms. The second-order valence-electron chi connectivity index (χ2n) is 21.4. The summed E-state index contributed by atoms with van der Waals surface area (Å²) in [5, 5.41) is 68.3. The lowest BCUT2D eigenvalue weighted by molar-refractivity contribution is -0.224. The Hall–Kier alpha value is -1.96. The van der Waals surface area contributed by atoms with Crippen molar-refractivity contribution in [2.75, 3.05) is 40.0 Å². The second-order valence-corrected chi connectivity index (χ2v) is 21.4. The highest BCUT2D eigenvalue weighted by Crippen LogP contribution is 2.76. The highest BCUT2D eigenvalue weighted by Gasteiger charge is 2.76. The first-order valence-corrected chi connectivity index (χ1v) is 23.9. The molecular formula is C48H73N3O10. The van der Waals surface area contributed by atoms with Gasteiger partial charge in [-0.25, -0.2) is 0 Å². The SMILES string of the molecule is COCCCOC1CCC2(C)C(C1)C(=O)C=C1C3(O)CCC4C(C)(O)C(O)C5OC6C(O)NC(CC6C5CNCC(C)O)C(=O)N5CC5CC#CC12CCC43C1CCCCC1. The number of carbonyl (C=O) groups is 2. The highest BCUT2D eigenvalue weighted by atomic mass is 16.5. The van der Waals surface area contributed by atoms with Gasteiger partial charge in [0.2, 0.25) is 5.91 Å². The van der Waals surface area contributed by atoms with Crippen LogP contribution in [-0.2, 0) is 23.8 Å². The van der Waals surface area contributed by atoms with Gasteiger partial charge in [-0.1, -0.05) is 32.1 Å². The molecule has 10 rings (SSSR count). The smallest absolute Gasteiger partial charge is 0.240 e. The van der Waals surface area contributed by atoms with E-state index in [2.05, 4.69) is 29.4 Å². The number of nitrogens with one attached hydrogen (secondary N) is 2. The summed E-state index contributed by atoms with van der Waals surface area (Å²) in [5.74, 6) is 5.83. The van der Waals surface area contributed by atoms with Gasteiger partial charge in [-0.2, -0.15) is 0 Å². The molecule has 0 aromatic rings. The van der Waals surface area contributed by atoms with E-state index < -0.39 is 76.0 Å². The molecule has 10 aliphatic rings. The molecule has 17 atom stereocenters. The van der Waals surface area contributed by atoms with Crippen LogP contribution in [0.2, 0.25) is 0 Å². The molecule has 17 unspecified atom stereocenters. The van der Waals surface area contributed by atoms with Crippen molar-refractivity contribution in [2.45, 2.75) is 177 Å². The maximum atomic E-state index is 14.8. The number of amides is 1. The zero-order valence-electron chi connectivity index (χ0n) is 36.9. The Kier molecular flexibility index (Phi) is 12.0. The lowest BCUT2D eigenvalue weighted by Gasteiger charge is -2.67. The number of allylic oxidation sites excluding steroid dienone is 1. The van der Waals surface area contributed by atoms with Crippen LogP contribution >= 0.6 is 0 Å². The lowest BCUT2D eigenvalue weighted by atomic mass is 9.37. The predicted octanol–water partition coefficient (Wildman–Crippen LogP) is 2.59. The Morgan fingerprint density at radius 1 is 1.02 bits per heavy atom. The van der Waals surface area contributed by atoms with Crippen LogP contribution in [0.25, 0.3) is 0 Å². The van der Waals surface area contributed by atoms with E-state index in [-0.39, 0.29) is 41.6 Å². The van der Waals surface area contributed by atoms with Crippen LogP contribution in [0.15, 0.2) is 11.6 Å². The van der Waals surface area contributed by atoms with E-state index in [9.17, 15) is 35.1 Å². The highest BCUT2D eigenvalue weighted by molar-refractivity contribution is 5.96. The van der Waals surface area contributed by atoms with E-state index in [1.54, 1.807) is 27.0 Å². The van der Waals surface area contributed by atoms with Gasteiger partial charge in [0.25, 0.3) is 0 Å². The maximum Gasteiger partial charge on any atom is 0.240 e. The molecule has 61 heavy (non-hydrogen) atoms. The minimum atomic E-state index is -1.75. The quantitative estimate of drug-likeness (QED) is 0.0969. The fourth-order valence-electron chi connectivity index (χ4n) is 15.2. The number of ketones is 1. The first kappa shape index (κ1) is 44.3. The number of aliphatic hydroxyl groups excluding tert-OH is 3. The van der Waals surface area contributed by atoms with Crippen molar-refractivity contribution in [3.63, 3.8) is 0 Å². The van der Waals surface area contributed by atoms with E-state index in [1.165, 1.54) is 0 Å². The number of hydrogen-bond acceptors (Lipinski definition) is 12. The van der Waals surface area contributed by atoms with Gasteiger partial charge in [0, 0.05) is 63.6 Å². The molecule has 13 nitrogen and oxygen atoms in total. The second kappa shape index (κ2) is 16.5. The number of rotatable bonds is 10. The molecule has 5 aliphatic heterocycles. The molecule has 7 fully saturated rings. The van der Waals surface area contributed by atoms with Crippen molar-refractivity contribution in [1.82, 2.24) is 15.5 Å². The number of nitrogens with zero attached hydrogens (tertiary/aromatic N) is 1. The van der Waals surface area contributed by atoms with Gasteiger partial charge in [-0.15, -0.1) is 5.92 Å². The minimum Gasteiger partial charge on any atom is -0.392 e. The summed E-state index contributed by atoms with van der Waals surface area (Å²) >= 11 is 0. The van der Waals surface area contributed by atoms with Crippen molar-refractivity contribution in [1.29, 1.82) is 0 Å². The van der Waals surface area contributed by atoms with Crippen LogP contribution in [0.5, 0.6) is 0 Å². The molecule has 3 saturated heterocycles. The fraction of sp³-hybridized carbons (Fsp3) is 0.875. The summed E-state index contributed by atoms with van der Waals surface area (Å²) < 4.78 is 18.3. The first-order chi connectivity index (χ1) is 29.1. The molecule has 1 spiro atoms. The molecule has 5 heterocycles. The van der Waals surface area contributed by atoms with Crippen LogP contribution in [0.4, 0.5) is 0 Å². The largest absolute Gasteiger partial charge is 0.392 e. The summed E-state index contributed by atoms with van der Waals surface area (Å²) in [6, 6.07) is -0.742. The number of hydrogen-bond donors (Lipinski definition) is 7. The summed E-state index contributed by atoms with van der Waals surface area (Å²) in [6.45, 7) is 8.05. The number of ether oxygens (including phenoxy) is 3. The van der Waals surface area contributed by atoms with Gasteiger partial charge < -0.3 is 50.0 Å². The average Bonchev–Trinajstić information content (AvgIpc) is 3.80. The Morgan fingerprint density at radius 2 is 1.80 bits per heavy atom. The Balaban J connectivity index is 1.16. The van der Waals surface area contributed by atoms with Crippen LogP contribution in [0, 0.1) is 57.7 Å². The zero-order valence-corrected chi connectivity index (χ0v) is 36.9. The Morgan fingerprint density at radius 3 is 2.56 bits per heavy atom. The van der Waals surface area contributed by atoms with Crippen LogP contribution in [-0.4, -0.2) is 142 Å². The standard InChI is InChI=1S/C48H73N3O10/c1-28(52)25-49-26-33-32-23-35-43(56)51-27-30(51)12-8-15-46-18-19-47(29-10-6-5-7-11-29)37(45(3,57)41(54)39(33)61-40(32)42(55)50-35)14-17-48(47,58)38(46)24-36(53)34-22-31(13-16-44(34,46)2)60-21-9-20-59-4/h24,28-35,37,39-42,49-50,52,54-55,57-58H,5-7,9-14,16-23,25-27H2,1-4H3. The third kappa shape index (κ3) is 6.94. The van der Waals surface area contributed by atoms with Crippen molar-refractivity contribution < 1.29 is 49.3 Å². The van der Waals surface area contributed by atoms with Gasteiger partial charge in [0.05, 0.1) is 47.0 Å². The van der Waals surface area contributed by atoms with Gasteiger partial charge in [0.15, 0.2) is 5.78 Å². The monoisotopic (exact) mass is 852 g/mol. The van der Waals surface area contributed by atoms with Crippen molar-refractivity contribution in [3.8, 4) is 11.8 Å². The Bertz CT molecular complexity index is 1770. The Labute approximate surface area is 362 Å². The maximum absolute atomic E-state index is 14.8. The predicted molar refractivity (Wildman–Crippen MR) is 225 cm³/mol. The average molecular weight is 852 g/mol. The normalized spacial score (nSPS) is 48.6. The fourth-order valence-corrected chi connectivity index (χ4v) is 15.2. The summed E-state index contributed by atoms with van der Waals surface area (Å²) in [6.07, 6.45) is 7.57. The third-order valence-electron chi connectivity index (χ3n) is 18.3. The molecule has 5 aliphatic carbocycles. The van der Waals surface area contributed by atoms with E-state index >= 15 is 0 Å². The van der Waals surface area contributed by atoms with Gasteiger partial charge in [0.1, 0.15) is 18.4 Å². The molecule has 7 N–H and O–H groups in total. The molecular weight excluding hydrogens is 779 g/mol. The molecule has 0 radical (unpaired) electrons. The number of fused-ring (bicyclic) bond motifs is 4. The molecule has 0 aromatic heterocycles. The van der Waals surface area contributed by atoms with Gasteiger partial charge in [-0.05, 0) is 119 Å². The molecule has 1 amide bonds. The molecule has 0 aromatic carbocycles. The topological polar surface area (TPSA) is 190 Å². The summed E-state index contributed by atoms with van der Waals surface area (Å²) in [4.78, 5) is 30.8. The van der Waals surface area contributed by atoms with Gasteiger partial charge >= 0.3 is 0 Å². The van der Waals surface area contributed by atoms with E-state index in [1.807, 2.05) is 4.90 Å². The third-order valence-corrected chi connectivity index (χ3v) is 18.3. The van der Waals surface area contributed by atoms with E-state index in [0.717, 1.165) is 44.9 Å². The van der Waals surface area contributed by atoms with Crippen LogP contribution in [0.1, 0.15) is 117 Å².